The van der Waals surface area contributed by atoms with Crippen LogP contribution in [0, 0.1) is 0 Å². The first-order valence-corrected chi connectivity index (χ1v) is 7.99. The van der Waals surface area contributed by atoms with Crippen molar-refractivity contribution < 1.29 is 4.79 Å². The van der Waals surface area contributed by atoms with Gasteiger partial charge in [-0.1, -0.05) is 11.6 Å². The van der Waals surface area contributed by atoms with Crippen molar-refractivity contribution in [2.24, 2.45) is 0 Å². The quantitative estimate of drug-likeness (QED) is 0.770. The van der Waals surface area contributed by atoms with Gasteiger partial charge in [-0.15, -0.1) is 0 Å². The lowest BCUT2D eigenvalue weighted by molar-refractivity contribution is 0.0787. The highest BCUT2D eigenvalue weighted by atomic mass is 35.5. The number of carbonyl (C=O) groups excluding carboxylic acids is 1. The van der Waals surface area contributed by atoms with Crippen molar-refractivity contribution in [3.05, 3.63) is 47.5 Å². The fourth-order valence-electron chi connectivity index (χ4n) is 3.05. The highest BCUT2D eigenvalue weighted by molar-refractivity contribution is 6.30. The zero-order valence-electron chi connectivity index (χ0n) is 12.8. The minimum absolute atomic E-state index is 0.0187. The largest absolute Gasteiger partial charge is 0.383 e. The second-order valence-electron chi connectivity index (χ2n) is 5.82. The molecule has 1 fully saturated rings. The van der Waals surface area contributed by atoms with Crippen LogP contribution in [0.2, 0.25) is 5.02 Å². The maximum absolute atomic E-state index is 12.8. The maximum atomic E-state index is 12.8. The molecule has 4 rings (SSSR count). The molecule has 1 saturated heterocycles. The van der Waals surface area contributed by atoms with Crippen molar-refractivity contribution in [1.82, 2.24) is 24.6 Å². The standard InChI is InChI=1S/C16H15ClN6O/c17-11-6-21-23(7-11)12-3-4-22(8-12)16(24)10-1-2-13-14(5-10)19-9-20-15(13)18/h1-2,5-7,9,12H,3-4,8H2,(H2,18,19,20). The molecule has 1 unspecified atom stereocenters. The van der Waals surface area contributed by atoms with Crippen LogP contribution in [0.25, 0.3) is 10.9 Å². The monoisotopic (exact) mass is 342 g/mol. The van der Waals surface area contributed by atoms with Crippen molar-refractivity contribution in [1.29, 1.82) is 0 Å². The first kappa shape index (κ1) is 14.9. The predicted molar refractivity (Wildman–Crippen MR) is 90.7 cm³/mol. The van der Waals surface area contributed by atoms with Crippen LogP contribution in [0.4, 0.5) is 5.82 Å². The topological polar surface area (TPSA) is 89.9 Å². The summed E-state index contributed by atoms with van der Waals surface area (Å²) >= 11 is 5.92. The van der Waals surface area contributed by atoms with Crippen LogP contribution >= 0.6 is 11.6 Å². The molecule has 0 saturated carbocycles. The van der Waals surface area contributed by atoms with Gasteiger partial charge in [0, 0.05) is 30.2 Å². The normalized spacial score (nSPS) is 17.5. The number of anilines is 1. The van der Waals surface area contributed by atoms with E-state index >= 15 is 0 Å². The Balaban J connectivity index is 1.56. The van der Waals surface area contributed by atoms with Crippen molar-refractivity contribution >= 4 is 34.2 Å². The number of benzene rings is 1. The number of halogens is 1. The van der Waals surface area contributed by atoms with Gasteiger partial charge >= 0.3 is 0 Å². The van der Waals surface area contributed by atoms with Gasteiger partial charge in [0.25, 0.3) is 5.91 Å². The summed E-state index contributed by atoms with van der Waals surface area (Å²) in [7, 11) is 0. The van der Waals surface area contributed by atoms with E-state index in [2.05, 4.69) is 15.1 Å². The summed E-state index contributed by atoms with van der Waals surface area (Å²) in [4.78, 5) is 22.7. The zero-order valence-corrected chi connectivity index (χ0v) is 13.5. The molecule has 24 heavy (non-hydrogen) atoms. The third kappa shape index (κ3) is 2.56. The first-order chi connectivity index (χ1) is 11.6. The van der Waals surface area contributed by atoms with Crippen LogP contribution in [-0.4, -0.2) is 43.6 Å². The fourth-order valence-corrected chi connectivity index (χ4v) is 3.19. The number of nitrogen functional groups attached to an aromatic ring is 1. The van der Waals surface area contributed by atoms with Crippen LogP contribution in [0.1, 0.15) is 22.8 Å². The van der Waals surface area contributed by atoms with Gasteiger partial charge in [-0.25, -0.2) is 9.97 Å². The summed E-state index contributed by atoms with van der Waals surface area (Å²) < 4.78 is 1.82. The number of amides is 1. The molecule has 1 aliphatic rings. The van der Waals surface area contributed by atoms with E-state index < -0.39 is 0 Å². The molecule has 3 aromatic rings. The fraction of sp³-hybridized carbons (Fsp3) is 0.250. The van der Waals surface area contributed by atoms with Crippen LogP contribution in [0.5, 0.6) is 0 Å². The minimum atomic E-state index is -0.0187. The average molecular weight is 343 g/mol. The SMILES string of the molecule is Nc1ncnc2cc(C(=O)N3CCC(n4cc(Cl)cn4)C3)ccc12. The Morgan fingerprint density at radius 2 is 2.21 bits per heavy atom. The number of hydrogen-bond acceptors (Lipinski definition) is 5. The van der Waals surface area contributed by atoms with Gasteiger partial charge in [0.15, 0.2) is 0 Å². The number of fused-ring (bicyclic) bond motifs is 1. The van der Waals surface area contributed by atoms with E-state index in [-0.39, 0.29) is 11.9 Å². The summed E-state index contributed by atoms with van der Waals surface area (Å²) in [6.45, 7) is 1.30. The van der Waals surface area contributed by atoms with Gasteiger partial charge in [0.2, 0.25) is 0 Å². The summed E-state index contributed by atoms with van der Waals surface area (Å²) in [5.74, 6) is 0.394. The third-order valence-corrected chi connectivity index (χ3v) is 4.50. The Kier molecular flexibility index (Phi) is 3.57. The lowest BCUT2D eigenvalue weighted by Crippen LogP contribution is -2.29. The zero-order chi connectivity index (χ0) is 16.7. The van der Waals surface area contributed by atoms with Crippen LogP contribution in [-0.2, 0) is 0 Å². The molecule has 3 heterocycles. The second kappa shape index (κ2) is 5.76. The summed E-state index contributed by atoms with van der Waals surface area (Å²) in [5.41, 5.74) is 7.09. The number of nitrogens with zero attached hydrogens (tertiary/aromatic N) is 5. The molecule has 0 spiro atoms. The summed E-state index contributed by atoms with van der Waals surface area (Å²) in [6.07, 6.45) is 5.65. The third-order valence-electron chi connectivity index (χ3n) is 4.31. The lowest BCUT2D eigenvalue weighted by Gasteiger charge is -2.17. The van der Waals surface area contributed by atoms with Gasteiger partial charge in [-0.3, -0.25) is 9.48 Å². The highest BCUT2D eigenvalue weighted by Gasteiger charge is 2.28. The number of carbonyl (C=O) groups is 1. The molecule has 2 aromatic heterocycles. The molecule has 1 aliphatic heterocycles. The molecule has 8 heteroatoms. The van der Waals surface area contributed by atoms with E-state index in [9.17, 15) is 4.79 Å². The Hall–Kier alpha value is -2.67. The molecule has 0 bridgehead atoms. The molecular weight excluding hydrogens is 328 g/mol. The van der Waals surface area contributed by atoms with E-state index in [1.165, 1.54) is 6.33 Å². The number of rotatable bonds is 2. The number of likely N-dealkylation sites (tertiary alicyclic amines) is 1. The van der Waals surface area contributed by atoms with Crippen LogP contribution < -0.4 is 5.73 Å². The molecule has 1 aromatic carbocycles. The summed E-state index contributed by atoms with van der Waals surface area (Å²) in [6, 6.07) is 5.47. The Morgan fingerprint density at radius 1 is 1.33 bits per heavy atom. The molecule has 1 amide bonds. The molecular formula is C16H15ClN6O. The van der Waals surface area contributed by atoms with E-state index in [0.29, 0.717) is 35.0 Å². The average Bonchev–Trinajstić information content (AvgIpc) is 3.23. The minimum Gasteiger partial charge on any atom is -0.383 e. The first-order valence-electron chi connectivity index (χ1n) is 7.61. The van der Waals surface area contributed by atoms with Crippen molar-refractivity contribution in [3.63, 3.8) is 0 Å². The number of nitrogens with two attached hydrogens (primary N) is 1. The van der Waals surface area contributed by atoms with Crippen LogP contribution in [0.3, 0.4) is 0 Å². The summed E-state index contributed by atoms with van der Waals surface area (Å²) in [5, 5.41) is 5.58. The van der Waals surface area contributed by atoms with E-state index in [1.807, 2.05) is 9.58 Å². The molecule has 0 radical (unpaired) electrons. The Labute approximate surface area is 143 Å². The molecule has 122 valence electrons. The smallest absolute Gasteiger partial charge is 0.254 e. The molecule has 2 N–H and O–H groups in total. The lowest BCUT2D eigenvalue weighted by atomic mass is 10.1. The van der Waals surface area contributed by atoms with Gasteiger partial charge in [-0.2, -0.15) is 5.10 Å². The number of aromatic nitrogens is 4. The highest BCUT2D eigenvalue weighted by Crippen LogP contribution is 2.25. The van der Waals surface area contributed by atoms with Crippen LogP contribution in [0.15, 0.2) is 36.9 Å². The Morgan fingerprint density at radius 3 is 3.00 bits per heavy atom. The van der Waals surface area contributed by atoms with E-state index in [1.54, 1.807) is 30.6 Å². The van der Waals surface area contributed by atoms with E-state index in [4.69, 9.17) is 17.3 Å². The van der Waals surface area contributed by atoms with Crippen molar-refractivity contribution in [2.75, 3.05) is 18.8 Å². The predicted octanol–water partition coefficient (Wildman–Crippen LogP) is 2.15. The second-order valence-corrected chi connectivity index (χ2v) is 6.26. The maximum Gasteiger partial charge on any atom is 0.254 e. The number of hydrogen-bond donors (Lipinski definition) is 1. The van der Waals surface area contributed by atoms with Gasteiger partial charge < -0.3 is 10.6 Å². The van der Waals surface area contributed by atoms with Crippen molar-refractivity contribution in [2.45, 2.75) is 12.5 Å². The van der Waals surface area contributed by atoms with E-state index in [0.717, 1.165) is 11.8 Å². The van der Waals surface area contributed by atoms with Gasteiger partial charge in [-0.05, 0) is 24.6 Å². The molecule has 0 aliphatic carbocycles. The Bertz CT molecular complexity index is 924. The molecule has 7 nitrogen and oxygen atoms in total. The van der Waals surface area contributed by atoms with Gasteiger partial charge in [0.05, 0.1) is 22.8 Å². The van der Waals surface area contributed by atoms with Gasteiger partial charge in [0.1, 0.15) is 12.1 Å². The van der Waals surface area contributed by atoms with Crippen molar-refractivity contribution in [3.8, 4) is 0 Å². The molecule has 1 atom stereocenters.